The molecule has 7 rings (SSSR count). The third-order valence-corrected chi connectivity index (χ3v) is 13.4. The summed E-state index contributed by atoms with van der Waals surface area (Å²) >= 11 is 0. The number of halogens is 3. The summed E-state index contributed by atoms with van der Waals surface area (Å²) < 4.78 is 67.7. The summed E-state index contributed by atoms with van der Waals surface area (Å²) in [5.41, 5.74) is -9.95. The van der Waals surface area contributed by atoms with Crippen molar-refractivity contribution < 1.29 is 50.6 Å². The average molecular weight is 629 g/mol. The molecule has 238 valence electrons. The second-order valence-corrected chi connectivity index (χ2v) is 16.9. The molecule has 1 saturated heterocycles. The zero-order chi connectivity index (χ0) is 31.1. The van der Waals surface area contributed by atoms with E-state index in [0.29, 0.717) is 69.1 Å². The smallest absolute Gasteiger partial charge is 0.389 e. The highest BCUT2D eigenvalue weighted by molar-refractivity contribution is 7.88. The van der Waals surface area contributed by atoms with Crippen LogP contribution >= 0.6 is 0 Å². The molecule has 0 aromatic heterocycles. The normalized spacial score (nSPS) is 45.1. The number of aliphatic hydroxyl groups is 2. The summed E-state index contributed by atoms with van der Waals surface area (Å²) in [6.45, 7) is 6.54. The molecule has 43 heavy (non-hydrogen) atoms. The molecule has 5 aliphatic carbocycles. The summed E-state index contributed by atoms with van der Waals surface area (Å²) in [5, 5.41) is 26.0. The average Bonchev–Trinajstić information content (AvgIpc) is 3.17. The van der Waals surface area contributed by atoms with Gasteiger partial charge in [0.2, 0.25) is 0 Å². The van der Waals surface area contributed by atoms with E-state index in [4.69, 9.17) is 9.78 Å². The topological polar surface area (TPSA) is 119 Å². The molecular formula is C31H39F3O8S. The summed E-state index contributed by atoms with van der Waals surface area (Å²) in [7, 11) is -5.90. The summed E-state index contributed by atoms with van der Waals surface area (Å²) in [4.78, 5) is 24.9. The van der Waals surface area contributed by atoms with Gasteiger partial charge in [0.15, 0.2) is 0 Å². The predicted molar refractivity (Wildman–Crippen MR) is 146 cm³/mol. The van der Waals surface area contributed by atoms with Crippen LogP contribution in [0, 0.1) is 28.1 Å². The molecule has 4 saturated carbocycles. The third-order valence-electron chi connectivity index (χ3n) is 12.5. The van der Waals surface area contributed by atoms with Gasteiger partial charge in [-0.15, -0.1) is 0 Å². The van der Waals surface area contributed by atoms with Gasteiger partial charge < -0.3 is 14.4 Å². The molecule has 0 amide bonds. The molecule has 5 fully saturated rings. The van der Waals surface area contributed by atoms with Gasteiger partial charge in [0.05, 0.1) is 17.8 Å². The van der Waals surface area contributed by atoms with Crippen LogP contribution in [0.2, 0.25) is 0 Å². The molecule has 12 heteroatoms. The summed E-state index contributed by atoms with van der Waals surface area (Å²) in [6, 6.07) is 4.02. The molecule has 2 spiro atoms. The molecule has 1 aromatic carbocycles. The number of Topliss-reactive ketones (excluding diaryl/α,β-unsaturated/α-hetero) is 1. The number of benzene rings is 1. The Bertz CT molecular complexity index is 1490. The second kappa shape index (κ2) is 8.74. The first-order chi connectivity index (χ1) is 19.8. The molecular weight excluding hydrogens is 589 g/mol. The van der Waals surface area contributed by atoms with Crippen LogP contribution in [0.1, 0.15) is 95.6 Å². The van der Waals surface area contributed by atoms with Crippen molar-refractivity contribution in [3.05, 3.63) is 29.3 Å². The molecule has 8 nitrogen and oxygen atoms in total. The molecule has 1 heterocycles. The van der Waals surface area contributed by atoms with E-state index >= 15 is 0 Å². The number of hydrogen-bond acceptors (Lipinski definition) is 8. The van der Waals surface area contributed by atoms with Crippen molar-refractivity contribution in [3.63, 3.8) is 0 Å². The van der Waals surface area contributed by atoms with Crippen LogP contribution in [0.15, 0.2) is 18.2 Å². The van der Waals surface area contributed by atoms with Crippen molar-refractivity contribution in [3.8, 4) is 5.75 Å². The van der Waals surface area contributed by atoms with Crippen LogP contribution in [0.25, 0.3) is 0 Å². The van der Waals surface area contributed by atoms with Crippen LogP contribution in [0.4, 0.5) is 13.2 Å². The lowest BCUT2D eigenvalue weighted by molar-refractivity contribution is -0.431. The van der Waals surface area contributed by atoms with Crippen molar-refractivity contribution in [1.82, 2.24) is 0 Å². The SMILES string of the molecule is CC1(C)COOC2(CC[C@@]34Cc5cc(OS(=O)(=O)C(F)(F)F)ccc5[C@H]5C[C@]6(C)C(=O)CC[C@H]6[C@H](CC[C@@]3(O)C2)[C@]54O)C1. The Balaban J connectivity index is 1.37. The van der Waals surface area contributed by atoms with Gasteiger partial charge in [0.25, 0.3) is 0 Å². The Morgan fingerprint density at radius 3 is 2.47 bits per heavy atom. The first kappa shape index (κ1) is 30.0. The zero-order valence-electron chi connectivity index (χ0n) is 24.6. The van der Waals surface area contributed by atoms with E-state index < -0.39 is 54.9 Å². The van der Waals surface area contributed by atoms with Gasteiger partial charge in [-0.3, -0.25) is 4.79 Å². The van der Waals surface area contributed by atoms with Gasteiger partial charge in [-0.05, 0) is 91.9 Å². The molecule has 1 aromatic rings. The number of fused-ring (bicyclic) bond motifs is 4. The van der Waals surface area contributed by atoms with Crippen molar-refractivity contribution in [1.29, 1.82) is 0 Å². The Morgan fingerprint density at radius 2 is 1.77 bits per heavy atom. The molecule has 0 bridgehead atoms. The first-order valence-electron chi connectivity index (χ1n) is 15.2. The minimum Gasteiger partial charge on any atom is -0.389 e. The van der Waals surface area contributed by atoms with Gasteiger partial charge >= 0.3 is 15.6 Å². The van der Waals surface area contributed by atoms with Crippen molar-refractivity contribution in [2.45, 2.75) is 113 Å². The minimum absolute atomic E-state index is 0.0483. The number of hydrogen-bond donors (Lipinski definition) is 2. The van der Waals surface area contributed by atoms with Crippen molar-refractivity contribution in [2.75, 3.05) is 6.61 Å². The number of carbonyl (C=O) groups excluding carboxylic acids is 1. The fraction of sp³-hybridized carbons (Fsp3) is 0.774. The molecule has 8 atom stereocenters. The predicted octanol–water partition coefficient (Wildman–Crippen LogP) is 5.10. The van der Waals surface area contributed by atoms with E-state index in [-0.39, 0.29) is 35.9 Å². The summed E-state index contributed by atoms with van der Waals surface area (Å²) in [6.07, 6.45) is 4.21. The lowest BCUT2D eigenvalue weighted by atomic mass is 9.34. The number of rotatable bonds is 2. The zero-order valence-corrected chi connectivity index (χ0v) is 25.4. The second-order valence-electron chi connectivity index (χ2n) is 15.4. The monoisotopic (exact) mass is 628 g/mol. The standard InChI is InChI=1S/C31H39F3O8S/c1-25(2)15-27(42-40-17-25)10-11-28-13-18-12-19(41-43(38,39)31(32,33)34)4-5-20(18)23-14-26(3)21(6-7-24(26)35)22(30(23,28)37)8-9-29(28,36)16-27/h4-5,12,21-23,36-37H,6-11,13-17H2,1-3H3/t21-,22-,23+,26-,27?,28+,29+,30-/m0/s1. The molecule has 0 radical (unpaired) electrons. The maximum absolute atomic E-state index is 13.3. The Hall–Kier alpha value is -1.73. The maximum atomic E-state index is 13.3. The fourth-order valence-corrected chi connectivity index (χ4v) is 11.3. The lowest BCUT2D eigenvalue weighted by Crippen LogP contribution is -2.78. The third kappa shape index (κ3) is 3.88. The highest BCUT2D eigenvalue weighted by Crippen LogP contribution is 2.75. The maximum Gasteiger partial charge on any atom is 0.534 e. The lowest BCUT2D eigenvalue weighted by Gasteiger charge is -2.73. The number of ketones is 1. The van der Waals surface area contributed by atoms with Gasteiger partial charge in [-0.25, -0.2) is 9.78 Å². The van der Waals surface area contributed by atoms with Crippen LogP contribution in [-0.2, 0) is 31.1 Å². The Labute approximate surface area is 249 Å². The summed E-state index contributed by atoms with van der Waals surface area (Å²) in [5.74, 6) is -1.22. The van der Waals surface area contributed by atoms with Crippen LogP contribution in [-0.4, -0.2) is 53.3 Å². The van der Waals surface area contributed by atoms with Gasteiger partial charge in [-0.2, -0.15) is 21.6 Å². The van der Waals surface area contributed by atoms with Crippen LogP contribution < -0.4 is 4.18 Å². The van der Waals surface area contributed by atoms with E-state index in [2.05, 4.69) is 18.0 Å². The largest absolute Gasteiger partial charge is 0.534 e. The number of alkyl halides is 3. The fourth-order valence-electron chi connectivity index (χ4n) is 10.9. The van der Waals surface area contributed by atoms with Crippen LogP contribution in [0.5, 0.6) is 5.75 Å². The Morgan fingerprint density at radius 1 is 1.02 bits per heavy atom. The van der Waals surface area contributed by atoms with E-state index in [1.807, 2.05) is 6.92 Å². The van der Waals surface area contributed by atoms with Gasteiger partial charge in [0.1, 0.15) is 17.1 Å². The highest BCUT2D eigenvalue weighted by Gasteiger charge is 2.78. The first-order valence-corrected chi connectivity index (χ1v) is 16.6. The van der Waals surface area contributed by atoms with E-state index in [9.17, 15) is 36.6 Å². The molecule has 6 aliphatic rings. The molecule has 1 unspecified atom stereocenters. The number of carbonyl (C=O) groups is 1. The van der Waals surface area contributed by atoms with E-state index in [1.54, 1.807) is 0 Å². The van der Waals surface area contributed by atoms with Crippen molar-refractivity contribution >= 4 is 15.9 Å². The van der Waals surface area contributed by atoms with Crippen molar-refractivity contribution in [2.24, 2.45) is 28.1 Å². The highest BCUT2D eigenvalue weighted by atomic mass is 32.2. The minimum atomic E-state index is -5.90. The van der Waals surface area contributed by atoms with Crippen LogP contribution in [0.3, 0.4) is 0 Å². The van der Waals surface area contributed by atoms with E-state index in [1.165, 1.54) is 18.2 Å². The Kier molecular flexibility index (Phi) is 6.09. The van der Waals surface area contributed by atoms with Gasteiger partial charge in [0, 0.05) is 29.6 Å². The molecule has 1 aliphatic heterocycles. The molecule has 2 N–H and O–H groups in total. The quantitative estimate of drug-likeness (QED) is 0.264. The van der Waals surface area contributed by atoms with Gasteiger partial charge in [-0.1, -0.05) is 26.8 Å². The van der Waals surface area contributed by atoms with E-state index in [0.717, 1.165) is 0 Å².